The van der Waals surface area contributed by atoms with Crippen molar-refractivity contribution >= 4 is 0 Å². The summed E-state index contributed by atoms with van der Waals surface area (Å²) < 4.78 is 5.20. The maximum Gasteiger partial charge on any atom is 0.160 e. The van der Waals surface area contributed by atoms with Gasteiger partial charge in [-0.05, 0) is 20.0 Å². The molecule has 0 saturated heterocycles. The third-order valence-electron chi connectivity index (χ3n) is 1.46. The van der Waals surface area contributed by atoms with Gasteiger partial charge in [0.25, 0.3) is 0 Å². The Bertz CT molecular complexity index is 101. The van der Waals surface area contributed by atoms with Crippen LogP contribution in [0.1, 0.15) is 13.3 Å². The van der Waals surface area contributed by atoms with Crippen LogP contribution in [0.2, 0.25) is 0 Å². The maximum absolute atomic E-state index is 5.20. The highest BCUT2D eigenvalue weighted by Crippen LogP contribution is 2.17. The van der Waals surface area contributed by atoms with Crippen molar-refractivity contribution in [1.29, 1.82) is 0 Å². The molecule has 1 unspecified atom stereocenters. The minimum atomic E-state index is -0.125. The SMILES string of the molecule is CNC1(C)CC=CO1. The summed E-state index contributed by atoms with van der Waals surface area (Å²) in [6.45, 7) is 2.02. The van der Waals surface area contributed by atoms with Crippen LogP contribution in [0.4, 0.5) is 0 Å². The van der Waals surface area contributed by atoms with Crippen molar-refractivity contribution in [2.45, 2.75) is 19.1 Å². The number of ether oxygens (including phenoxy) is 1. The van der Waals surface area contributed by atoms with Crippen LogP contribution >= 0.6 is 0 Å². The predicted octanol–water partition coefficient (Wildman–Crippen LogP) is 0.856. The van der Waals surface area contributed by atoms with Crippen LogP contribution in [0.25, 0.3) is 0 Å². The summed E-state index contributed by atoms with van der Waals surface area (Å²) in [4.78, 5) is 0. The van der Waals surface area contributed by atoms with E-state index in [9.17, 15) is 0 Å². The van der Waals surface area contributed by atoms with E-state index in [4.69, 9.17) is 4.74 Å². The molecular formula is C6H11NO. The lowest BCUT2D eigenvalue weighted by molar-refractivity contribution is 0.0369. The standard InChI is InChI=1S/C6H11NO/c1-6(7-2)4-3-5-8-6/h3,5,7H,4H2,1-2H3. The smallest absolute Gasteiger partial charge is 0.160 e. The fourth-order valence-corrected chi connectivity index (χ4v) is 0.680. The van der Waals surface area contributed by atoms with Crippen molar-refractivity contribution in [2.75, 3.05) is 7.05 Å². The van der Waals surface area contributed by atoms with Crippen molar-refractivity contribution in [3.05, 3.63) is 12.3 Å². The molecule has 0 saturated carbocycles. The van der Waals surface area contributed by atoms with Gasteiger partial charge in [-0.2, -0.15) is 0 Å². The van der Waals surface area contributed by atoms with Crippen molar-refractivity contribution in [3.8, 4) is 0 Å². The van der Waals surface area contributed by atoms with Crippen LogP contribution in [-0.4, -0.2) is 12.8 Å². The molecule has 0 aliphatic carbocycles. The van der Waals surface area contributed by atoms with Gasteiger partial charge in [0.2, 0.25) is 0 Å². The van der Waals surface area contributed by atoms with Crippen LogP contribution in [0.15, 0.2) is 12.3 Å². The molecule has 0 fully saturated rings. The number of nitrogens with one attached hydrogen (secondary N) is 1. The first-order valence-corrected chi connectivity index (χ1v) is 2.78. The van der Waals surface area contributed by atoms with Gasteiger partial charge in [-0.25, -0.2) is 0 Å². The molecule has 8 heavy (non-hydrogen) atoms. The third kappa shape index (κ3) is 0.842. The molecule has 1 aliphatic rings. The van der Waals surface area contributed by atoms with Crippen molar-refractivity contribution in [1.82, 2.24) is 5.32 Å². The van der Waals surface area contributed by atoms with Gasteiger partial charge >= 0.3 is 0 Å². The first kappa shape index (κ1) is 5.63. The lowest BCUT2D eigenvalue weighted by atomic mass is 10.2. The van der Waals surface area contributed by atoms with Gasteiger partial charge in [-0.1, -0.05) is 0 Å². The lowest BCUT2D eigenvalue weighted by Gasteiger charge is -2.21. The van der Waals surface area contributed by atoms with Gasteiger partial charge < -0.3 is 4.74 Å². The zero-order chi connectivity index (χ0) is 6.04. The van der Waals surface area contributed by atoms with E-state index in [1.807, 2.05) is 20.0 Å². The Morgan fingerprint density at radius 2 is 2.50 bits per heavy atom. The molecule has 0 amide bonds. The Balaban J connectivity index is 2.46. The van der Waals surface area contributed by atoms with E-state index < -0.39 is 0 Å². The molecule has 46 valence electrons. The van der Waals surface area contributed by atoms with Gasteiger partial charge in [0.1, 0.15) is 0 Å². The van der Waals surface area contributed by atoms with Crippen LogP contribution in [0.3, 0.4) is 0 Å². The summed E-state index contributed by atoms with van der Waals surface area (Å²) in [6, 6.07) is 0. The molecule has 0 radical (unpaired) electrons. The monoisotopic (exact) mass is 113 g/mol. The summed E-state index contributed by atoms with van der Waals surface area (Å²) in [6.07, 6.45) is 4.70. The van der Waals surface area contributed by atoms with Crippen LogP contribution in [0, 0.1) is 0 Å². The summed E-state index contributed by atoms with van der Waals surface area (Å²) in [5.74, 6) is 0. The van der Waals surface area contributed by atoms with Crippen LogP contribution in [0.5, 0.6) is 0 Å². The normalized spacial score (nSPS) is 35.2. The van der Waals surface area contributed by atoms with Gasteiger partial charge in [0, 0.05) is 6.42 Å². The highest BCUT2D eigenvalue weighted by Gasteiger charge is 2.23. The molecule has 1 aliphatic heterocycles. The van der Waals surface area contributed by atoms with Gasteiger partial charge in [-0.3, -0.25) is 5.32 Å². The molecule has 2 heteroatoms. The van der Waals surface area contributed by atoms with E-state index >= 15 is 0 Å². The largest absolute Gasteiger partial charge is 0.481 e. The van der Waals surface area contributed by atoms with E-state index in [1.165, 1.54) is 0 Å². The molecule has 0 bridgehead atoms. The van der Waals surface area contributed by atoms with E-state index in [0.717, 1.165) is 6.42 Å². The van der Waals surface area contributed by atoms with Gasteiger partial charge in [0.15, 0.2) is 5.72 Å². The Kier molecular flexibility index (Phi) is 1.26. The zero-order valence-corrected chi connectivity index (χ0v) is 5.27. The Labute approximate surface area is 49.5 Å². The Morgan fingerprint density at radius 1 is 1.75 bits per heavy atom. The fourth-order valence-electron chi connectivity index (χ4n) is 0.680. The lowest BCUT2D eigenvalue weighted by Crippen LogP contribution is -2.38. The number of hydrogen-bond donors (Lipinski definition) is 1. The first-order chi connectivity index (χ1) is 3.77. The average Bonchev–Trinajstić information content (AvgIpc) is 2.17. The molecule has 0 aromatic heterocycles. The van der Waals surface area contributed by atoms with E-state index in [1.54, 1.807) is 6.26 Å². The summed E-state index contributed by atoms with van der Waals surface area (Å²) in [5.41, 5.74) is -0.125. The molecule has 1 heterocycles. The topological polar surface area (TPSA) is 21.3 Å². The van der Waals surface area contributed by atoms with Crippen LogP contribution < -0.4 is 5.32 Å². The second kappa shape index (κ2) is 1.78. The quantitative estimate of drug-likeness (QED) is 0.544. The molecule has 0 aromatic rings. The summed E-state index contributed by atoms with van der Waals surface area (Å²) >= 11 is 0. The van der Waals surface area contributed by atoms with Crippen molar-refractivity contribution in [3.63, 3.8) is 0 Å². The molecule has 1 N–H and O–H groups in total. The fraction of sp³-hybridized carbons (Fsp3) is 0.667. The molecule has 0 spiro atoms. The van der Waals surface area contributed by atoms with Gasteiger partial charge in [-0.15, -0.1) is 0 Å². The van der Waals surface area contributed by atoms with E-state index in [-0.39, 0.29) is 5.72 Å². The molecule has 2 nitrogen and oxygen atoms in total. The summed E-state index contributed by atoms with van der Waals surface area (Å²) in [5, 5.41) is 3.06. The van der Waals surface area contributed by atoms with Crippen LogP contribution in [-0.2, 0) is 4.74 Å². The molecule has 1 atom stereocenters. The third-order valence-corrected chi connectivity index (χ3v) is 1.46. The number of hydrogen-bond acceptors (Lipinski definition) is 2. The minimum Gasteiger partial charge on any atom is -0.481 e. The Morgan fingerprint density at radius 3 is 2.75 bits per heavy atom. The predicted molar refractivity (Wildman–Crippen MR) is 32.3 cm³/mol. The molecule has 1 rings (SSSR count). The highest BCUT2D eigenvalue weighted by atomic mass is 16.5. The average molecular weight is 113 g/mol. The zero-order valence-electron chi connectivity index (χ0n) is 5.27. The van der Waals surface area contributed by atoms with E-state index in [2.05, 4.69) is 5.32 Å². The maximum atomic E-state index is 5.20. The van der Waals surface area contributed by atoms with Crippen molar-refractivity contribution < 1.29 is 4.74 Å². The van der Waals surface area contributed by atoms with Crippen molar-refractivity contribution in [2.24, 2.45) is 0 Å². The Hall–Kier alpha value is -0.500. The molecule has 0 aromatic carbocycles. The number of rotatable bonds is 1. The van der Waals surface area contributed by atoms with E-state index in [0.29, 0.717) is 0 Å². The molecular weight excluding hydrogens is 102 g/mol. The second-order valence-corrected chi connectivity index (χ2v) is 2.17. The van der Waals surface area contributed by atoms with Gasteiger partial charge in [0.05, 0.1) is 6.26 Å². The first-order valence-electron chi connectivity index (χ1n) is 2.78. The summed E-state index contributed by atoms with van der Waals surface area (Å²) in [7, 11) is 1.90. The highest BCUT2D eigenvalue weighted by molar-refractivity contribution is 4.92. The minimum absolute atomic E-state index is 0.125. The second-order valence-electron chi connectivity index (χ2n) is 2.17.